The first-order valence-electron chi connectivity index (χ1n) is 5.73. The summed E-state index contributed by atoms with van der Waals surface area (Å²) >= 11 is 0. The van der Waals surface area contributed by atoms with Crippen molar-refractivity contribution in [2.75, 3.05) is 7.11 Å². The minimum Gasteiger partial charge on any atom is -0.504 e. The summed E-state index contributed by atoms with van der Waals surface area (Å²) in [6.45, 7) is 1.92. The lowest BCUT2D eigenvalue weighted by Crippen LogP contribution is -2.10. The number of benzene rings is 1. The van der Waals surface area contributed by atoms with Crippen LogP contribution in [0.4, 0.5) is 0 Å². The Morgan fingerprint density at radius 3 is 2.47 bits per heavy atom. The number of nitrogens with zero attached hydrogens (tertiary/aromatic N) is 1. The van der Waals surface area contributed by atoms with Gasteiger partial charge in [0.05, 0.1) is 18.3 Å². The molecule has 4 nitrogen and oxygen atoms in total. The molecule has 2 rings (SSSR count). The second kappa shape index (κ2) is 5.32. The lowest BCUT2D eigenvalue weighted by Gasteiger charge is -2.05. The molecule has 1 aromatic carbocycles. The molecule has 0 spiro atoms. The van der Waals surface area contributed by atoms with E-state index < -0.39 is 10.0 Å². The van der Waals surface area contributed by atoms with Crippen LogP contribution >= 0.6 is 0 Å². The summed E-state index contributed by atoms with van der Waals surface area (Å²) < 4.78 is 30.7. The van der Waals surface area contributed by atoms with Gasteiger partial charge in [-0.1, -0.05) is 17.7 Å². The molecule has 0 bridgehead atoms. The Kier molecular flexibility index (Phi) is 3.76. The summed E-state index contributed by atoms with van der Waals surface area (Å²) in [6.07, 6.45) is 6.26. The molecule has 0 saturated carbocycles. The number of aryl methyl sites for hydroxylation is 1. The predicted molar refractivity (Wildman–Crippen MR) is 74.2 cm³/mol. The summed E-state index contributed by atoms with van der Waals surface area (Å²) in [7, 11) is -1.98. The van der Waals surface area contributed by atoms with Gasteiger partial charge in [0, 0.05) is 12.4 Å². The highest BCUT2D eigenvalue weighted by molar-refractivity contribution is 7.90. The normalized spacial score (nSPS) is 11.9. The highest BCUT2D eigenvalue weighted by atomic mass is 32.2. The number of aromatic nitrogens is 1. The molecule has 19 heavy (non-hydrogen) atoms. The molecule has 0 amide bonds. The number of hydrogen-bond donors (Lipinski definition) is 0. The maximum atomic E-state index is 12.3. The zero-order chi connectivity index (χ0) is 13.9. The van der Waals surface area contributed by atoms with Crippen LogP contribution in [0.2, 0.25) is 0 Å². The predicted octanol–water partition coefficient (Wildman–Crippen LogP) is 2.65. The minimum atomic E-state index is -3.52. The first kappa shape index (κ1) is 13.4. The van der Waals surface area contributed by atoms with Crippen molar-refractivity contribution in [3.8, 4) is 0 Å². The molecule has 2 aromatic rings. The Hall–Kier alpha value is -2.01. The van der Waals surface area contributed by atoms with E-state index in [1.165, 1.54) is 23.5 Å². The summed E-state index contributed by atoms with van der Waals surface area (Å²) in [5.41, 5.74) is 1.78. The van der Waals surface area contributed by atoms with Crippen LogP contribution in [0.5, 0.6) is 0 Å². The van der Waals surface area contributed by atoms with Gasteiger partial charge in [-0.2, -0.15) is 0 Å². The molecule has 0 unspecified atom stereocenters. The zero-order valence-electron chi connectivity index (χ0n) is 10.8. The summed E-state index contributed by atoms with van der Waals surface area (Å²) in [4.78, 5) is 0.274. The molecule has 0 aliphatic heterocycles. The van der Waals surface area contributed by atoms with Crippen molar-refractivity contribution in [1.82, 2.24) is 3.97 Å². The van der Waals surface area contributed by atoms with Crippen molar-refractivity contribution in [1.29, 1.82) is 0 Å². The molecule has 0 aliphatic rings. The molecular weight excluding hydrogens is 262 g/mol. The monoisotopic (exact) mass is 277 g/mol. The average molecular weight is 277 g/mol. The van der Waals surface area contributed by atoms with Gasteiger partial charge >= 0.3 is 0 Å². The lowest BCUT2D eigenvalue weighted by molar-refractivity contribution is 0.341. The van der Waals surface area contributed by atoms with Crippen molar-refractivity contribution in [2.24, 2.45) is 0 Å². The van der Waals surface area contributed by atoms with E-state index in [9.17, 15) is 8.42 Å². The van der Waals surface area contributed by atoms with Crippen molar-refractivity contribution in [3.05, 3.63) is 60.1 Å². The Morgan fingerprint density at radius 1 is 1.16 bits per heavy atom. The molecular formula is C14H15NO3S. The van der Waals surface area contributed by atoms with E-state index in [0.29, 0.717) is 0 Å². The van der Waals surface area contributed by atoms with Crippen LogP contribution < -0.4 is 0 Å². The average Bonchev–Trinajstić information content (AvgIpc) is 2.86. The molecule has 100 valence electrons. The molecule has 0 atom stereocenters. The third kappa shape index (κ3) is 2.88. The van der Waals surface area contributed by atoms with Gasteiger partial charge in [0.15, 0.2) is 0 Å². The van der Waals surface area contributed by atoms with E-state index in [0.717, 1.165) is 11.1 Å². The van der Waals surface area contributed by atoms with Crippen molar-refractivity contribution >= 4 is 16.1 Å². The molecule has 5 heteroatoms. The topological polar surface area (TPSA) is 48.3 Å². The van der Waals surface area contributed by atoms with Crippen LogP contribution in [0.3, 0.4) is 0 Å². The smallest absolute Gasteiger partial charge is 0.267 e. The SMILES string of the molecule is CO/C=C/c1ccn(S(=O)(=O)c2ccc(C)cc2)c1. The molecule has 0 fully saturated rings. The fraction of sp³-hybridized carbons (Fsp3) is 0.143. The fourth-order valence-corrected chi connectivity index (χ4v) is 2.82. The molecule has 0 N–H and O–H groups in total. The molecule has 0 saturated heterocycles. The maximum absolute atomic E-state index is 12.3. The Morgan fingerprint density at radius 2 is 1.84 bits per heavy atom. The van der Waals surface area contributed by atoms with Crippen LogP contribution in [0.15, 0.2) is 53.9 Å². The lowest BCUT2D eigenvalue weighted by atomic mass is 10.2. The van der Waals surface area contributed by atoms with Gasteiger partial charge in [-0.05, 0) is 36.8 Å². The Labute approximate surface area is 113 Å². The summed E-state index contributed by atoms with van der Waals surface area (Å²) in [5.74, 6) is 0. The van der Waals surface area contributed by atoms with Crippen LogP contribution in [0.1, 0.15) is 11.1 Å². The second-order valence-corrected chi connectivity index (χ2v) is 5.97. The van der Waals surface area contributed by atoms with Crippen molar-refractivity contribution < 1.29 is 13.2 Å². The van der Waals surface area contributed by atoms with Crippen LogP contribution in [0, 0.1) is 6.92 Å². The first-order chi connectivity index (χ1) is 9.04. The molecule has 1 aromatic heterocycles. The second-order valence-electron chi connectivity index (χ2n) is 4.13. The van der Waals surface area contributed by atoms with Gasteiger partial charge in [-0.15, -0.1) is 0 Å². The summed E-state index contributed by atoms with van der Waals surface area (Å²) in [6, 6.07) is 8.48. The number of ether oxygens (including phenoxy) is 1. The van der Waals surface area contributed by atoms with E-state index >= 15 is 0 Å². The Bertz CT molecular complexity index is 682. The van der Waals surface area contributed by atoms with Gasteiger partial charge in [0.25, 0.3) is 10.0 Å². The minimum absolute atomic E-state index is 0.274. The molecule has 0 aliphatic carbocycles. The summed E-state index contributed by atoms with van der Waals surface area (Å²) in [5, 5.41) is 0. The number of methoxy groups -OCH3 is 1. The van der Waals surface area contributed by atoms with E-state index in [1.54, 1.807) is 42.6 Å². The van der Waals surface area contributed by atoms with Gasteiger partial charge < -0.3 is 4.74 Å². The molecule has 1 heterocycles. The molecule has 0 radical (unpaired) electrons. The van der Waals surface area contributed by atoms with Crippen LogP contribution in [-0.4, -0.2) is 19.5 Å². The van der Waals surface area contributed by atoms with Gasteiger partial charge in [-0.3, -0.25) is 0 Å². The highest BCUT2D eigenvalue weighted by Crippen LogP contribution is 2.16. The van der Waals surface area contributed by atoms with Crippen LogP contribution in [-0.2, 0) is 14.8 Å². The van der Waals surface area contributed by atoms with E-state index in [-0.39, 0.29) is 4.90 Å². The van der Waals surface area contributed by atoms with Crippen molar-refractivity contribution in [3.63, 3.8) is 0 Å². The largest absolute Gasteiger partial charge is 0.504 e. The maximum Gasteiger partial charge on any atom is 0.267 e. The third-order valence-corrected chi connectivity index (χ3v) is 4.33. The first-order valence-corrected chi connectivity index (χ1v) is 7.17. The quantitative estimate of drug-likeness (QED) is 0.807. The van der Waals surface area contributed by atoms with E-state index in [1.807, 2.05) is 6.92 Å². The van der Waals surface area contributed by atoms with Crippen LogP contribution in [0.25, 0.3) is 6.08 Å². The number of hydrogen-bond acceptors (Lipinski definition) is 3. The Balaban J connectivity index is 2.37. The van der Waals surface area contributed by atoms with E-state index in [2.05, 4.69) is 0 Å². The highest BCUT2D eigenvalue weighted by Gasteiger charge is 2.15. The number of rotatable bonds is 4. The van der Waals surface area contributed by atoms with Gasteiger partial charge in [0.2, 0.25) is 0 Å². The standard InChI is InChI=1S/C14H15NO3S/c1-12-3-5-14(6-4-12)19(16,17)15-9-7-13(11-15)8-10-18-2/h3-11H,1-2H3/b10-8+. The van der Waals surface area contributed by atoms with Gasteiger partial charge in [0.1, 0.15) is 0 Å². The van der Waals surface area contributed by atoms with E-state index in [4.69, 9.17) is 4.74 Å². The van der Waals surface area contributed by atoms with Crippen molar-refractivity contribution in [2.45, 2.75) is 11.8 Å². The fourth-order valence-electron chi connectivity index (χ4n) is 1.62. The van der Waals surface area contributed by atoms with Gasteiger partial charge in [-0.25, -0.2) is 12.4 Å². The third-order valence-electron chi connectivity index (χ3n) is 2.68. The zero-order valence-corrected chi connectivity index (χ0v) is 11.6.